The maximum absolute atomic E-state index is 12.1. The molecule has 20 heavy (non-hydrogen) atoms. The van der Waals surface area contributed by atoms with Crippen LogP contribution >= 0.6 is 0 Å². The number of carbonyl (C=O) groups excluding carboxylic acids is 1. The van der Waals surface area contributed by atoms with Crippen LogP contribution in [0.5, 0.6) is 0 Å². The number of morpholine rings is 1. The van der Waals surface area contributed by atoms with Crippen LogP contribution in [-0.2, 0) is 10.2 Å². The lowest BCUT2D eigenvalue weighted by Gasteiger charge is -2.24. The van der Waals surface area contributed by atoms with Crippen molar-refractivity contribution in [3.05, 3.63) is 35.4 Å². The summed E-state index contributed by atoms with van der Waals surface area (Å²) in [6.07, 6.45) is 0. The van der Waals surface area contributed by atoms with E-state index in [1.54, 1.807) is 0 Å². The van der Waals surface area contributed by atoms with Gasteiger partial charge in [0.2, 0.25) is 0 Å². The molecule has 1 aliphatic heterocycles. The normalized spacial score (nSPS) is 19.6. The lowest BCUT2D eigenvalue weighted by Crippen LogP contribution is -2.48. The zero-order valence-electron chi connectivity index (χ0n) is 12.5. The molecule has 110 valence electrons. The van der Waals surface area contributed by atoms with Gasteiger partial charge in [0.05, 0.1) is 13.2 Å². The third-order valence-electron chi connectivity index (χ3n) is 3.52. The molecule has 1 fully saturated rings. The van der Waals surface area contributed by atoms with Crippen molar-refractivity contribution >= 4 is 5.91 Å². The first-order valence-corrected chi connectivity index (χ1v) is 7.17. The Hall–Kier alpha value is -1.39. The van der Waals surface area contributed by atoms with Crippen molar-refractivity contribution < 1.29 is 9.53 Å². The number of benzene rings is 1. The fourth-order valence-corrected chi connectivity index (χ4v) is 2.19. The smallest absolute Gasteiger partial charge is 0.251 e. The molecular formula is C16H24N2O2. The van der Waals surface area contributed by atoms with Crippen molar-refractivity contribution in [1.82, 2.24) is 10.6 Å². The quantitative estimate of drug-likeness (QED) is 0.883. The number of amides is 1. The number of hydrogen-bond acceptors (Lipinski definition) is 3. The van der Waals surface area contributed by atoms with Gasteiger partial charge in [-0.1, -0.05) is 32.9 Å². The molecule has 1 heterocycles. The third kappa shape index (κ3) is 4.05. The Labute approximate surface area is 120 Å². The number of carbonyl (C=O) groups is 1. The van der Waals surface area contributed by atoms with Crippen LogP contribution in [0.25, 0.3) is 0 Å². The van der Waals surface area contributed by atoms with Crippen molar-refractivity contribution in [2.24, 2.45) is 0 Å². The molecule has 1 unspecified atom stereocenters. The van der Waals surface area contributed by atoms with E-state index in [1.807, 2.05) is 24.3 Å². The summed E-state index contributed by atoms with van der Waals surface area (Å²) in [7, 11) is 0. The highest BCUT2D eigenvalue weighted by Crippen LogP contribution is 2.22. The molecule has 0 spiro atoms. The minimum absolute atomic E-state index is 0.0298. The Balaban J connectivity index is 1.89. The highest BCUT2D eigenvalue weighted by atomic mass is 16.5. The Bertz CT molecular complexity index is 443. The standard InChI is InChI=1S/C16H24N2O2/c1-16(2,3)13-6-4-12(5-7-13)15(19)18-10-14-11-20-9-8-17-14/h4-7,14,17H,8-11H2,1-3H3,(H,18,19). The zero-order valence-corrected chi connectivity index (χ0v) is 12.5. The summed E-state index contributed by atoms with van der Waals surface area (Å²) in [6, 6.07) is 8.04. The largest absolute Gasteiger partial charge is 0.378 e. The van der Waals surface area contributed by atoms with Crippen molar-refractivity contribution in [1.29, 1.82) is 0 Å². The molecule has 1 aromatic rings. The minimum atomic E-state index is -0.0298. The van der Waals surface area contributed by atoms with E-state index in [4.69, 9.17) is 4.74 Å². The SMILES string of the molecule is CC(C)(C)c1ccc(C(=O)NCC2COCCN2)cc1. The van der Waals surface area contributed by atoms with Gasteiger partial charge in [-0.25, -0.2) is 0 Å². The van der Waals surface area contributed by atoms with Crippen molar-refractivity contribution in [3.63, 3.8) is 0 Å². The summed E-state index contributed by atoms with van der Waals surface area (Å²) < 4.78 is 5.36. The molecule has 1 atom stereocenters. The van der Waals surface area contributed by atoms with E-state index in [-0.39, 0.29) is 17.4 Å². The van der Waals surface area contributed by atoms with E-state index in [2.05, 4.69) is 31.4 Å². The zero-order chi connectivity index (χ0) is 14.6. The molecule has 0 aliphatic carbocycles. The molecule has 0 aromatic heterocycles. The number of hydrogen-bond donors (Lipinski definition) is 2. The van der Waals surface area contributed by atoms with Gasteiger partial charge < -0.3 is 15.4 Å². The fourth-order valence-electron chi connectivity index (χ4n) is 2.19. The summed E-state index contributed by atoms with van der Waals surface area (Å²) in [5.74, 6) is -0.0298. The van der Waals surface area contributed by atoms with Crippen LogP contribution < -0.4 is 10.6 Å². The maximum Gasteiger partial charge on any atom is 0.251 e. The molecule has 4 nitrogen and oxygen atoms in total. The maximum atomic E-state index is 12.1. The van der Waals surface area contributed by atoms with Gasteiger partial charge in [-0.05, 0) is 23.1 Å². The summed E-state index contributed by atoms with van der Waals surface area (Å²) in [5.41, 5.74) is 2.05. The first-order valence-electron chi connectivity index (χ1n) is 7.17. The molecular weight excluding hydrogens is 252 g/mol. The summed E-state index contributed by atoms with van der Waals surface area (Å²) in [4.78, 5) is 12.1. The second-order valence-electron chi connectivity index (χ2n) is 6.26. The topological polar surface area (TPSA) is 50.4 Å². The van der Waals surface area contributed by atoms with Crippen LogP contribution in [0.3, 0.4) is 0 Å². The van der Waals surface area contributed by atoms with E-state index >= 15 is 0 Å². The predicted octanol–water partition coefficient (Wildman–Crippen LogP) is 1.70. The Morgan fingerprint density at radius 3 is 2.60 bits per heavy atom. The van der Waals surface area contributed by atoms with Gasteiger partial charge in [-0.3, -0.25) is 4.79 Å². The second kappa shape index (κ2) is 6.37. The highest BCUT2D eigenvalue weighted by molar-refractivity contribution is 5.94. The Kier molecular flexibility index (Phi) is 4.78. The molecule has 4 heteroatoms. The fraction of sp³-hybridized carbons (Fsp3) is 0.562. The van der Waals surface area contributed by atoms with Crippen LogP contribution in [0, 0.1) is 0 Å². The monoisotopic (exact) mass is 276 g/mol. The molecule has 2 rings (SSSR count). The first kappa shape index (κ1) is 15.0. The van der Waals surface area contributed by atoms with Gasteiger partial charge in [0.1, 0.15) is 0 Å². The average molecular weight is 276 g/mol. The van der Waals surface area contributed by atoms with Crippen LogP contribution in [-0.4, -0.2) is 38.3 Å². The van der Waals surface area contributed by atoms with Gasteiger partial charge >= 0.3 is 0 Å². The molecule has 1 aromatic carbocycles. The van der Waals surface area contributed by atoms with Crippen molar-refractivity contribution in [2.75, 3.05) is 26.3 Å². The molecule has 1 saturated heterocycles. The third-order valence-corrected chi connectivity index (χ3v) is 3.52. The van der Waals surface area contributed by atoms with E-state index < -0.39 is 0 Å². The van der Waals surface area contributed by atoms with Gasteiger partial charge in [-0.2, -0.15) is 0 Å². The average Bonchev–Trinajstić information content (AvgIpc) is 2.45. The molecule has 1 aliphatic rings. The van der Waals surface area contributed by atoms with Crippen LogP contribution in [0.1, 0.15) is 36.7 Å². The van der Waals surface area contributed by atoms with Crippen LogP contribution in [0.15, 0.2) is 24.3 Å². The van der Waals surface area contributed by atoms with Crippen LogP contribution in [0.2, 0.25) is 0 Å². The second-order valence-corrected chi connectivity index (χ2v) is 6.26. The minimum Gasteiger partial charge on any atom is -0.378 e. The highest BCUT2D eigenvalue weighted by Gasteiger charge is 2.16. The number of nitrogens with one attached hydrogen (secondary N) is 2. The molecule has 2 N–H and O–H groups in total. The van der Waals surface area contributed by atoms with E-state index in [9.17, 15) is 4.79 Å². The lowest BCUT2D eigenvalue weighted by atomic mass is 9.87. The summed E-state index contributed by atoms with van der Waals surface area (Å²) in [6.45, 7) is 9.34. The van der Waals surface area contributed by atoms with Gasteiger partial charge in [0, 0.05) is 24.7 Å². The molecule has 0 saturated carbocycles. The summed E-state index contributed by atoms with van der Waals surface area (Å²) >= 11 is 0. The Morgan fingerprint density at radius 2 is 2.05 bits per heavy atom. The first-order chi connectivity index (χ1) is 9.47. The number of rotatable bonds is 3. The lowest BCUT2D eigenvalue weighted by molar-refractivity contribution is 0.0734. The van der Waals surface area contributed by atoms with E-state index in [0.717, 1.165) is 13.2 Å². The summed E-state index contributed by atoms with van der Waals surface area (Å²) in [5, 5.41) is 6.26. The van der Waals surface area contributed by atoms with Gasteiger partial charge in [0.15, 0.2) is 0 Å². The molecule has 0 radical (unpaired) electrons. The van der Waals surface area contributed by atoms with Gasteiger partial charge in [-0.15, -0.1) is 0 Å². The van der Waals surface area contributed by atoms with Gasteiger partial charge in [0.25, 0.3) is 5.91 Å². The Morgan fingerprint density at radius 1 is 1.35 bits per heavy atom. The molecule has 1 amide bonds. The van der Waals surface area contributed by atoms with Crippen LogP contribution in [0.4, 0.5) is 0 Å². The van der Waals surface area contributed by atoms with Crippen molar-refractivity contribution in [2.45, 2.75) is 32.2 Å². The predicted molar refractivity (Wildman–Crippen MR) is 80.1 cm³/mol. The number of ether oxygens (including phenoxy) is 1. The van der Waals surface area contributed by atoms with E-state index in [1.165, 1.54) is 5.56 Å². The molecule has 0 bridgehead atoms. The van der Waals surface area contributed by atoms with Crippen molar-refractivity contribution in [3.8, 4) is 0 Å². The van der Waals surface area contributed by atoms with E-state index in [0.29, 0.717) is 18.7 Å².